The molecule has 0 spiro atoms. The van der Waals surface area contributed by atoms with E-state index in [9.17, 15) is 13.2 Å². The molecule has 1 aliphatic carbocycles. The van der Waals surface area contributed by atoms with E-state index < -0.39 is 6.36 Å². The molecule has 1 saturated carbocycles. The van der Waals surface area contributed by atoms with E-state index in [2.05, 4.69) is 21.6 Å². The first kappa shape index (κ1) is 16.6. The quantitative estimate of drug-likeness (QED) is 0.826. The fraction of sp³-hybridized carbons (Fsp3) is 0.647. The maximum atomic E-state index is 12.5. The Hall–Kier alpha value is -1.27. The standard InChI is InChI=1S/C17H23F3N2O/c1-21-8-10-22(11-9-21)13-16(6-7-16)12-14-4-2-3-5-15(14)23-17(18,19)20/h2-5H,6-13H2,1H3. The van der Waals surface area contributed by atoms with E-state index in [4.69, 9.17) is 0 Å². The number of nitrogens with zero attached hydrogens (tertiary/aromatic N) is 2. The third kappa shape index (κ3) is 4.61. The Labute approximate surface area is 135 Å². The number of rotatable bonds is 5. The van der Waals surface area contributed by atoms with Crippen LogP contribution in [0, 0.1) is 5.41 Å². The van der Waals surface area contributed by atoms with Gasteiger partial charge in [-0.05, 0) is 43.4 Å². The number of hydrogen-bond acceptors (Lipinski definition) is 3. The van der Waals surface area contributed by atoms with Crippen LogP contribution in [0.1, 0.15) is 18.4 Å². The zero-order chi connectivity index (χ0) is 16.5. The van der Waals surface area contributed by atoms with Gasteiger partial charge in [-0.25, -0.2) is 0 Å². The van der Waals surface area contributed by atoms with Crippen molar-refractivity contribution in [3.05, 3.63) is 29.8 Å². The summed E-state index contributed by atoms with van der Waals surface area (Å²) in [6.07, 6.45) is -1.81. The maximum Gasteiger partial charge on any atom is 0.573 e. The van der Waals surface area contributed by atoms with Gasteiger partial charge in [0.15, 0.2) is 0 Å². The number of halogens is 3. The van der Waals surface area contributed by atoms with Gasteiger partial charge in [-0.15, -0.1) is 13.2 Å². The molecule has 0 N–H and O–H groups in total. The lowest BCUT2D eigenvalue weighted by atomic mass is 9.95. The molecule has 0 unspecified atom stereocenters. The number of para-hydroxylation sites is 1. The van der Waals surface area contributed by atoms with Crippen molar-refractivity contribution in [3.8, 4) is 5.75 Å². The number of ether oxygens (including phenoxy) is 1. The van der Waals surface area contributed by atoms with Gasteiger partial charge in [0.1, 0.15) is 5.75 Å². The number of piperazine rings is 1. The predicted molar refractivity (Wildman–Crippen MR) is 82.4 cm³/mol. The van der Waals surface area contributed by atoms with Crippen LogP contribution in [-0.2, 0) is 6.42 Å². The first-order valence-electron chi connectivity index (χ1n) is 8.10. The zero-order valence-electron chi connectivity index (χ0n) is 13.4. The normalized spacial score (nSPS) is 22.1. The fourth-order valence-corrected chi connectivity index (χ4v) is 3.33. The molecule has 128 valence electrons. The molecule has 0 amide bonds. The van der Waals surface area contributed by atoms with Crippen molar-refractivity contribution in [2.24, 2.45) is 5.41 Å². The van der Waals surface area contributed by atoms with Crippen LogP contribution in [-0.4, -0.2) is 55.9 Å². The highest BCUT2D eigenvalue weighted by Crippen LogP contribution is 2.50. The minimum absolute atomic E-state index is 0.0512. The molecule has 3 rings (SSSR count). The van der Waals surface area contributed by atoms with E-state index >= 15 is 0 Å². The van der Waals surface area contributed by atoms with Crippen molar-refractivity contribution in [1.29, 1.82) is 0 Å². The van der Waals surface area contributed by atoms with Gasteiger partial charge in [0, 0.05) is 32.7 Å². The second-order valence-electron chi connectivity index (χ2n) is 6.91. The molecule has 1 aliphatic heterocycles. The molecule has 23 heavy (non-hydrogen) atoms. The largest absolute Gasteiger partial charge is 0.573 e. The molecule has 1 aromatic rings. The van der Waals surface area contributed by atoms with Crippen LogP contribution >= 0.6 is 0 Å². The van der Waals surface area contributed by atoms with E-state index in [0.717, 1.165) is 45.6 Å². The molecule has 0 radical (unpaired) electrons. The molecule has 0 aromatic heterocycles. The summed E-state index contributed by atoms with van der Waals surface area (Å²) in [4.78, 5) is 4.75. The third-order valence-corrected chi connectivity index (χ3v) is 4.88. The summed E-state index contributed by atoms with van der Waals surface area (Å²) in [5, 5.41) is 0. The van der Waals surface area contributed by atoms with Gasteiger partial charge in [0.25, 0.3) is 0 Å². The second-order valence-corrected chi connectivity index (χ2v) is 6.91. The molecular formula is C17H23F3N2O. The third-order valence-electron chi connectivity index (χ3n) is 4.88. The van der Waals surface area contributed by atoms with Gasteiger partial charge >= 0.3 is 6.36 Å². The van der Waals surface area contributed by atoms with Gasteiger partial charge in [0.05, 0.1) is 0 Å². The lowest BCUT2D eigenvalue weighted by molar-refractivity contribution is -0.274. The van der Waals surface area contributed by atoms with Crippen molar-refractivity contribution in [1.82, 2.24) is 9.80 Å². The van der Waals surface area contributed by atoms with Crippen molar-refractivity contribution in [2.45, 2.75) is 25.6 Å². The van der Waals surface area contributed by atoms with Gasteiger partial charge in [-0.1, -0.05) is 18.2 Å². The minimum atomic E-state index is -4.63. The van der Waals surface area contributed by atoms with Gasteiger partial charge < -0.3 is 14.5 Å². The lowest BCUT2D eigenvalue weighted by Gasteiger charge is -2.35. The molecule has 1 heterocycles. The summed E-state index contributed by atoms with van der Waals surface area (Å²) in [6, 6.07) is 6.54. The van der Waals surface area contributed by atoms with Crippen LogP contribution in [0.3, 0.4) is 0 Å². The highest BCUT2D eigenvalue weighted by molar-refractivity contribution is 5.35. The highest BCUT2D eigenvalue weighted by atomic mass is 19.4. The Morgan fingerprint density at radius 3 is 2.35 bits per heavy atom. The molecule has 2 fully saturated rings. The van der Waals surface area contributed by atoms with Gasteiger partial charge in [0.2, 0.25) is 0 Å². The summed E-state index contributed by atoms with van der Waals surface area (Å²) in [7, 11) is 2.12. The fourth-order valence-electron chi connectivity index (χ4n) is 3.33. The Kier molecular flexibility index (Phi) is 4.56. The van der Waals surface area contributed by atoms with Crippen LogP contribution in [0.15, 0.2) is 24.3 Å². The van der Waals surface area contributed by atoms with E-state index in [0.29, 0.717) is 12.0 Å². The Morgan fingerprint density at radius 1 is 1.09 bits per heavy atom. The SMILES string of the molecule is CN1CCN(CC2(Cc3ccccc3OC(F)(F)F)CC2)CC1. The van der Waals surface area contributed by atoms with Crippen LogP contribution in [0.4, 0.5) is 13.2 Å². The van der Waals surface area contributed by atoms with E-state index in [1.165, 1.54) is 6.07 Å². The van der Waals surface area contributed by atoms with E-state index in [1.807, 2.05) is 0 Å². The topological polar surface area (TPSA) is 15.7 Å². The molecule has 0 atom stereocenters. The first-order chi connectivity index (χ1) is 10.9. The molecule has 2 aliphatic rings. The summed E-state index contributed by atoms with van der Waals surface area (Å²) in [5.74, 6) is -0.0512. The van der Waals surface area contributed by atoms with Crippen LogP contribution in [0.2, 0.25) is 0 Å². The molecular weight excluding hydrogens is 305 g/mol. The minimum Gasteiger partial charge on any atom is -0.406 e. The lowest BCUT2D eigenvalue weighted by Crippen LogP contribution is -2.46. The number of hydrogen-bond donors (Lipinski definition) is 0. The Morgan fingerprint density at radius 2 is 1.74 bits per heavy atom. The van der Waals surface area contributed by atoms with E-state index in [-0.39, 0.29) is 11.2 Å². The predicted octanol–water partition coefficient (Wildman–Crippen LogP) is 3.16. The van der Waals surface area contributed by atoms with E-state index in [1.54, 1.807) is 18.2 Å². The molecule has 1 saturated heterocycles. The smallest absolute Gasteiger partial charge is 0.406 e. The molecule has 3 nitrogen and oxygen atoms in total. The highest BCUT2D eigenvalue weighted by Gasteiger charge is 2.45. The second kappa shape index (κ2) is 6.32. The molecule has 0 bridgehead atoms. The van der Waals surface area contributed by atoms with Crippen LogP contribution < -0.4 is 4.74 Å². The van der Waals surface area contributed by atoms with Crippen molar-refractivity contribution < 1.29 is 17.9 Å². The van der Waals surface area contributed by atoms with Crippen molar-refractivity contribution >= 4 is 0 Å². The zero-order valence-corrected chi connectivity index (χ0v) is 13.4. The average Bonchev–Trinajstić information content (AvgIpc) is 3.22. The monoisotopic (exact) mass is 328 g/mol. The Bertz CT molecular complexity index is 535. The summed E-state index contributed by atoms with van der Waals surface area (Å²) < 4.78 is 41.8. The van der Waals surface area contributed by atoms with Crippen LogP contribution in [0.25, 0.3) is 0 Å². The van der Waals surface area contributed by atoms with Crippen molar-refractivity contribution in [3.63, 3.8) is 0 Å². The summed E-state index contributed by atoms with van der Waals surface area (Å²) in [6.45, 7) is 5.17. The average molecular weight is 328 g/mol. The van der Waals surface area contributed by atoms with Gasteiger partial charge in [-0.2, -0.15) is 0 Å². The van der Waals surface area contributed by atoms with Gasteiger partial charge in [-0.3, -0.25) is 0 Å². The number of benzene rings is 1. The Balaban J connectivity index is 1.65. The number of likely N-dealkylation sites (N-methyl/N-ethyl adjacent to an activating group) is 1. The van der Waals surface area contributed by atoms with Crippen LogP contribution in [0.5, 0.6) is 5.75 Å². The molecule has 6 heteroatoms. The summed E-state index contributed by atoms with van der Waals surface area (Å²) in [5.41, 5.74) is 0.789. The first-order valence-corrected chi connectivity index (χ1v) is 8.10. The molecule has 1 aromatic carbocycles. The number of alkyl halides is 3. The van der Waals surface area contributed by atoms with Crippen molar-refractivity contribution in [2.75, 3.05) is 39.8 Å². The maximum absolute atomic E-state index is 12.5. The summed E-state index contributed by atoms with van der Waals surface area (Å²) >= 11 is 0.